The summed E-state index contributed by atoms with van der Waals surface area (Å²) in [5, 5.41) is 14.7. The number of hydrogen-bond donors (Lipinski definition) is 1. The number of piperidine rings is 1. The van der Waals surface area contributed by atoms with Gasteiger partial charge in [0.1, 0.15) is 0 Å². The molecule has 25 heavy (non-hydrogen) atoms. The van der Waals surface area contributed by atoms with Crippen molar-refractivity contribution >= 4 is 28.6 Å². The van der Waals surface area contributed by atoms with Crippen molar-refractivity contribution in [2.75, 3.05) is 26.2 Å². The van der Waals surface area contributed by atoms with Gasteiger partial charge in [-0.3, -0.25) is 4.90 Å². The maximum atomic E-state index is 12.6. The molecule has 1 N–H and O–H groups in total. The van der Waals surface area contributed by atoms with Gasteiger partial charge in [-0.1, -0.05) is 30.4 Å². The SMILES string of the molecule is O=C(OCC#CCN1CCCCC1)C(O)(c1cccs1)c1cccs1. The first kappa shape index (κ1) is 18.2. The predicted octanol–water partition coefficient (Wildman–Crippen LogP) is 3.08. The largest absolute Gasteiger partial charge is 0.450 e. The van der Waals surface area contributed by atoms with E-state index in [1.807, 2.05) is 22.9 Å². The number of thiophene rings is 2. The Labute approximate surface area is 156 Å². The van der Waals surface area contributed by atoms with E-state index >= 15 is 0 Å². The van der Waals surface area contributed by atoms with Crippen molar-refractivity contribution in [2.45, 2.75) is 24.9 Å². The van der Waals surface area contributed by atoms with Gasteiger partial charge in [-0.15, -0.1) is 22.7 Å². The minimum Gasteiger partial charge on any atom is -0.450 e. The van der Waals surface area contributed by atoms with Crippen LogP contribution in [0.3, 0.4) is 0 Å². The van der Waals surface area contributed by atoms with Gasteiger partial charge in [-0.25, -0.2) is 4.79 Å². The predicted molar refractivity (Wildman–Crippen MR) is 101 cm³/mol. The normalized spacial score (nSPS) is 15.4. The molecule has 4 nitrogen and oxygen atoms in total. The number of nitrogens with zero attached hydrogens (tertiary/aromatic N) is 1. The van der Waals surface area contributed by atoms with Crippen molar-refractivity contribution in [3.63, 3.8) is 0 Å². The van der Waals surface area contributed by atoms with E-state index in [2.05, 4.69) is 16.7 Å². The van der Waals surface area contributed by atoms with Gasteiger partial charge in [0, 0.05) is 0 Å². The smallest absolute Gasteiger partial charge is 0.350 e. The molecule has 1 saturated heterocycles. The van der Waals surface area contributed by atoms with Crippen LogP contribution in [-0.2, 0) is 15.1 Å². The van der Waals surface area contributed by atoms with E-state index in [4.69, 9.17) is 4.74 Å². The Morgan fingerprint density at radius 1 is 1.12 bits per heavy atom. The van der Waals surface area contributed by atoms with Crippen molar-refractivity contribution in [1.29, 1.82) is 0 Å². The van der Waals surface area contributed by atoms with Crippen molar-refractivity contribution in [1.82, 2.24) is 4.90 Å². The molecule has 2 aromatic heterocycles. The highest BCUT2D eigenvalue weighted by Gasteiger charge is 2.43. The second-order valence-electron chi connectivity index (χ2n) is 5.93. The summed E-state index contributed by atoms with van der Waals surface area (Å²) >= 11 is 2.66. The van der Waals surface area contributed by atoms with E-state index in [0.29, 0.717) is 16.3 Å². The van der Waals surface area contributed by atoms with Gasteiger partial charge in [0.05, 0.1) is 16.3 Å². The molecular weight excluding hydrogens is 354 g/mol. The Hall–Kier alpha value is -1.65. The lowest BCUT2D eigenvalue weighted by molar-refractivity contribution is -0.160. The molecule has 3 rings (SSSR count). The van der Waals surface area contributed by atoms with E-state index in [-0.39, 0.29) is 6.61 Å². The van der Waals surface area contributed by atoms with Crippen LogP contribution in [0.25, 0.3) is 0 Å². The molecule has 0 atom stereocenters. The molecule has 2 aromatic rings. The average Bonchev–Trinajstić information content (AvgIpc) is 3.35. The van der Waals surface area contributed by atoms with Crippen LogP contribution in [0.1, 0.15) is 29.0 Å². The van der Waals surface area contributed by atoms with E-state index in [9.17, 15) is 9.90 Å². The first-order valence-corrected chi connectivity index (χ1v) is 10.1. The van der Waals surface area contributed by atoms with Crippen LogP contribution in [0.15, 0.2) is 35.0 Å². The summed E-state index contributed by atoms with van der Waals surface area (Å²) < 4.78 is 5.28. The fourth-order valence-corrected chi connectivity index (χ4v) is 4.55. The van der Waals surface area contributed by atoms with Crippen molar-refractivity contribution in [3.05, 3.63) is 44.8 Å². The minimum atomic E-state index is -1.75. The van der Waals surface area contributed by atoms with Gasteiger partial charge in [0.2, 0.25) is 5.60 Å². The van der Waals surface area contributed by atoms with Crippen LogP contribution in [0.5, 0.6) is 0 Å². The van der Waals surface area contributed by atoms with E-state index in [1.54, 1.807) is 12.1 Å². The third kappa shape index (κ3) is 4.31. The molecular formula is C19H21NO3S2. The summed E-state index contributed by atoms with van der Waals surface area (Å²) in [5.74, 6) is 5.26. The fourth-order valence-electron chi connectivity index (χ4n) is 2.83. The Balaban J connectivity index is 1.60. The maximum absolute atomic E-state index is 12.6. The molecule has 0 spiro atoms. The highest BCUT2D eigenvalue weighted by molar-refractivity contribution is 7.12. The number of esters is 1. The number of aliphatic hydroxyl groups is 1. The summed E-state index contributed by atoms with van der Waals surface area (Å²) in [6.07, 6.45) is 3.75. The Morgan fingerprint density at radius 2 is 1.76 bits per heavy atom. The molecule has 1 aliphatic rings. The Bertz CT molecular complexity index is 688. The highest BCUT2D eigenvalue weighted by atomic mass is 32.1. The molecule has 6 heteroatoms. The molecule has 0 unspecified atom stereocenters. The van der Waals surface area contributed by atoms with Gasteiger partial charge >= 0.3 is 5.97 Å². The zero-order valence-electron chi connectivity index (χ0n) is 13.9. The second-order valence-corrected chi connectivity index (χ2v) is 7.83. The first-order chi connectivity index (χ1) is 12.2. The number of ether oxygens (including phenoxy) is 1. The number of hydrogen-bond acceptors (Lipinski definition) is 6. The van der Waals surface area contributed by atoms with Crippen LogP contribution in [0.4, 0.5) is 0 Å². The molecule has 0 radical (unpaired) electrons. The zero-order valence-corrected chi connectivity index (χ0v) is 15.6. The number of rotatable bonds is 5. The molecule has 132 valence electrons. The number of likely N-dealkylation sites (tertiary alicyclic amines) is 1. The van der Waals surface area contributed by atoms with Crippen molar-refractivity contribution in [2.24, 2.45) is 0 Å². The van der Waals surface area contributed by atoms with Crippen molar-refractivity contribution < 1.29 is 14.6 Å². The van der Waals surface area contributed by atoms with Crippen LogP contribution in [0.2, 0.25) is 0 Å². The molecule has 0 bridgehead atoms. The lowest BCUT2D eigenvalue weighted by Gasteiger charge is -2.24. The van der Waals surface area contributed by atoms with Crippen LogP contribution in [0, 0.1) is 11.8 Å². The van der Waals surface area contributed by atoms with Crippen LogP contribution >= 0.6 is 22.7 Å². The van der Waals surface area contributed by atoms with Crippen LogP contribution in [-0.4, -0.2) is 42.2 Å². The molecule has 0 aliphatic carbocycles. The van der Waals surface area contributed by atoms with Gasteiger partial charge < -0.3 is 9.84 Å². The summed E-state index contributed by atoms with van der Waals surface area (Å²) in [5.41, 5.74) is -1.75. The topological polar surface area (TPSA) is 49.8 Å². The molecule has 1 fully saturated rings. The number of carbonyl (C=O) groups excluding carboxylic acids is 1. The van der Waals surface area contributed by atoms with Crippen LogP contribution < -0.4 is 0 Å². The second kappa shape index (κ2) is 8.63. The standard InChI is InChI=1S/C19H21NO3S2/c21-18(23-13-5-4-12-20-10-2-1-3-11-20)19(22,16-8-6-14-24-16)17-9-7-15-25-17/h6-9,14-15,22H,1-3,10-13H2. The van der Waals surface area contributed by atoms with E-state index in [0.717, 1.165) is 13.1 Å². The van der Waals surface area contributed by atoms with Crippen molar-refractivity contribution in [3.8, 4) is 11.8 Å². The van der Waals surface area contributed by atoms with Gasteiger partial charge in [-0.2, -0.15) is 0 Å². The first-order valence-electron chi connectivity index (χ1n) is 8.37. The van der Waals surface area contributed by atoms with Gasteiger partial charge in [-0.05, 0) is 48.8 Å². The summed E-state index contributed by atoms with van der Waals surface area (Å²) in [6, 6.07) is 7.11. The zero-order chi connectivity index (χ0) is 17.5. The van der Waals surface area contributed by atoms with Gasteiger partial charge in [0.15, 0.2) is 6.61 Å². The summed E-state index contributed by atoms with van der Waals surface area (Å²) in [7, 11) is 0. The molecule has 0 aromatic carbocycles. The third-order valence-corrected chi connectivity index (χ3v) is 6.16. The molecule has 0 amide bonds. The third-order valence-electron chi connectivity index (χ3n) is 4.20. The molecule has 3 heterocycles. The minimum absolute atomic E-state index is 0.00820. The quantitative estimate of drug-likeness (QED) is 0.645. The maximum Gasteiger partial charge on any atom is 0.350 e. The Morgan fingerprint density at radius 3 is 2.32 bits per heavy atom. The van der Waals surface area contributed by atoms with E-state index < -0.39 is 11.6 Å². The van der Waals surface area contributed by atoms with Gasteiger partial charge in [0.25, 0.3) is 0 Å². The molecule has 0 saturated carbocycles. The monoisotopic (exact) mass is 375 g/mol. The Kier molecular flexibility index (Phi) is 6.27. The molecule has 1 aliphatic heterocycles. The number of carbonyl (C=O) groups is 1. The summed E-state index contributed by atoms with van der Waals surface area (Å²) in [4.78, 5) is 16.0. The lowest BCUT2D eigenvalue weighted by Crippen LogP contribution is -2.37. The average molecular weight is 376 g/mol. The lowest BCUT2D eigenvalue weighted by atomic mass is 10.0. The highest BCUT2D eigenvalue weighted by Crippen LogP contribution is 2.36. The van der Waals surface area contributed by atoms with E-state index in [1.165, 1.54) is 41.9 Å². The summed E-state index contributed by atoms with van der Waals surface area (Å²) in [6.45, 7) is 2.87. The fraction of sp³-hybridized carbons (Fsp3) is 0.421.